The van der Waals surface area contributed by atoms with Gasteiger partial charge in [0.15, 0.2) is 0 Å². The smallest absolute Gasteiger partial charge is 0.343 e. The Balaban J connectivity index is 2.70. The number of nitrogens with zero attached hydrogens (tertiary/aromatic N) is 2. The summed E-state index contributed by atoms with van der Waals surface area (Å²) in [5.74, 6) is -0.602. The predicted molar refractivity (Wildman–Crippen MR) is 78.5 cm³/mol. The number of benzene rings is 1. The minimum atomic E-state index is -0.982. The van der Waals surface area contributed by atoms with E-state index in [0.717, 1.165) is 0 Å². The number of oxime groups is 1. The number of amides is 2. The molecule has 0 saturated heterocycles. The first-order chi connectivity index (χ1) is 9.32. The van der Waals surface area contributed by atoms with E-state index in [0.29, 0.717) is 0 Å². The molecule has 6 nitrogen and oxygen atoms in total. The summed E-state index contributed by atoms with van der Waals surface area (Å²) in [6.07, 6.45) is -0.982. The molecule has 20 heavy (non-hydrogen) atoms. The molecule has 0 spiro atoms. The molecular weight excluding hydrogens is 328 g/mol. The second kappa shape index (κ2) is 7.33. The van der Waals surface area contributed by atoms with Gasteiger partial charge in [0, 0.05) is 14.1 Å². The van der Waals surface area contributed by atoms with Gasteiger partial charge in [-0.05, 0) is 12.1 Å². The Labute approximate surface area is 130 Å². The average Bonchev–Trinajstić information content (AvgIpc) is 2.39. The lowest BCUT2D eigenvalue weighted by atomic mass is 10.3. The summed E-state index contributed by atoms with van der Waals surface area (Å²) >= 11 is 17.2. The predicted octanol–water partition coefficient (Wildman–Crippen LogP) is 3.18. The Bertz CT molecular complexity index is 541. The van der Waals surface area contributed by atoms with Crippen molar-refractivity contribution in [3.8, 4) is 0 Å². The Morgan fingerprint density at radius 1 is 1.25 bits per heavy atom. The van der Waals surface area contributed by atoms with Crippen molar-refractivity contribution in [2.24, 2.45) is 5.16 Å². The number of para-hydroxylation sites is 1. The van der Waals surface area contributed by atoms with E-state index in [1.165, 1.54) is 31.1 Å². The summed E-state index contributed by atoms with van der Waals surface area (Å²) in [5, 5.41) is 5.45. The molecular formula is C11H10Cl3N3O3. The first kappa shape index (κ1) is 16.6. The molecule has 0 aliphatic carbocycles. The zero-order valence-corrected chi connectivity index (χ0v) is 12.8. The van der Waals surface area contributed by atoms with Crippen LogP contribution in [0.15, 0.2) is 23.4 Å². The molecule has 1 N–H and O–H groups in total. The Morgan fingerprint density at radius 2 is 1.80 bits per heavy atom. The van der Waals surface area contributed by atoms with Crippen LogP contribution in [-0.4, -0.2) is 36.2 Å². The summed E-state index contributed by atoms with van der Waals surface area (Å²) in [6, 6.07) is 4.69. The molecule has 0 bridgehead atoms. The van der Waals surface area contributed by atoms with Crippen LogP contribution in [0.3, 0.4) is 0 Å². The lowest BCUT2D eigenvalue weighted by Gasteiger charge is -2.08. The van der Waals surface area contributed by atoms with Gasteiger partial charge < -0.3 is 4.90 Å². The van der Waals surface area contributed by atoms with Crippen molar-refractivity contribution >= 4 is 57.7 Å². The molecule has 1 aromatic carbocycles. The molecule has 0 radical (unpaired) electrons. The van der Waals surface area contributed by atoms with E-state index in [-0.39, 0.29) is 15.7 Å². The van der Waals surface area contributed by atoms with Crippen LogP contribution in [0.4, 0.5) is 10.5 Å². The number of rotatable bonds is 3. The molecule has 0 saturated carbocycles. The van der Waals surface area contributed by atoms with Gasteiger partial charge in [0.05, 0.1) is 15.7 Å². The Kier molecular flexibility index (Phi) is 6.06. The van der Waals surface area contributed by atoms with Crippen molar-refractivity contribution < 1.29 is 14.4 Å². The third kappa shape index (κ3) is 4.56. The van der Waals surface area contributed by atoms with E-state index in [2.05, 4.69) is 15.3 Å². The zero-order chi connectivity index (χ0) is 15.3. The monoisotopic (exact) mass is 337 g/mol. The lowest BCUT2D eigenvalue weighted by molar-refractivity contribution is -0.121. The quantitative estimate of drug-likeness (QED) is 0.523. The van der Waals surface area contributed by atoms with Gasteiger partial charge in [0.1, 0.15) is 0 Å². The first-order valence-corrected chi connectivity index (χ1v) is 6.33. The summed E-state index contributed by atoms with van der Waals surface area (Å²) in [7, 11) is 2.95. The van der Waals surface area contributed by atoms with E-state index in [4.69, 9.17) is 34.8 Å². The molecule has 0 unspecified atom stereocenters. The lowest BCUT2D eigenvalue weighted by Crippen LogP contribution is -2.27. The maximum absolute atomic E-state index is 11.5. The number of hydrogen-bond acceptors (Lipinski definition) is 4. The van der Waals surface area contributed by atoms with E-state index >= 15 is 0 Å². The fraction of sp³-hybridized carbons (Fsp3) is 0.182. The van der Waals surface area contributed by atoms with Crippen molar-refractivity contribution in [2.45, 2.75) is 0 Å². The van der Waals surface area contributed by atoms with Gasteiger partial charge in [-0.15, -0.1) is 0 Å². The number of nitrogens with one attached hydrogen (secondary N) is 1. The molecule has 1 rings (SSSR count). The molecule has 2 amide bonds. The highest BCUT2D eigenvalue weighted by molar-refractivity contribution is 6.82. The van der Waals surface area contributed by atoms with Crippen molar-refractivity contribution in [1.82, 2.24) is 4.90 Å². The number of carbonyl (C=O) groups excluding carboxylic acids is 2. The molecule has 0 aliphatic rings. The fourth-order valence-electron chi connectivity index (χ4n) is 1.05. The largest absolute Gasteiger partial charge is 0.437 e. The second-order valence-corrected chi connectivity index (χ2v) is 4.85. The molecule has 0 aromatic heterocycles. The summed E-state index contributed by atoms with van der Waals surface area (Å²) in [6.45, 7) is 0. The highest BCUT2D eigenvalue weighted by Gasteiger charge is 2.14. The maximum Gasteiger partial charge on any atom is 0.437 e. The SMILES string of the molecule is CN(C)C(=O)/C(Cl)=N\OC(=O)Nc1c(Cl)cccc1Cl. The van der Waals surface area contributed by atoms with Gasteiger partial charge in [-0.3, -0.25) is 14.9 Å². The van der Waals surface area contributed by atoms with Crippen LogP contribution in [-0.2, 0) is 9.63 Å². The molecule has 108 valence electrons. The number of anilines is 1. The van der Waals surface area contributed by atoms with Crippen molar-refractivity contribution in [1.29, 1.82) is 0 Å². The highest BCUT2D eigenvalue weighted by atomic mass is 35.5. The number of hydrogen-bond donors (Lipinski definition) is 1. The van der Waals surface area contributed by atoms with Crippen molar-refractivity contribution in [3.05, 3.63) is 28.2 Å². The van der Waals surface area contributed by atoms with Gasteiger partial charge in [-0.2, -0.15) is 0 Å². The van der Waals surface area contributed by atoms with Crippen LogP contribution < -0.4 is 5.32 Å². The summed E-state index contributed by atoms with van der Waals surface area (Å²) in [5.41, 5.74) is 0.172. The van der Waals surface area contributed by atoms with E-state index < -0.39 is 17.2 Å². The fourth-order valence-corrected chi connectivity index (χ4v) is 1.74. The molecule has 0 aliphatic heterocycles. The third-order valence-corrected chi connectivity index (χ3v) is 2.84. The van der Waals surface area contributed by atoms with E-state index in [9.17, 15) is 9.59 Å². The van der Waals surface area contributed by atoms with Crippen molar-refractivity contribution in [2.75, 3.05) is 19.4 Å². The summed E-state index contributed by atoms with van der Waals surface area (Å²) in [4.78, 5) is 28.4. The molecule has 0 atom stereocenters. The molecule has 9 heteroatoms. The van der Waals surface area contributed by atoms with Crippen LogP contribution in [0, 0.1) is 0 Å². The molecule has 0 heterocycles. The zero-order valence-electron chi connectivity index (χ0n) is 10.5. The minimum Gasteiger partial charge on any atom is -0.343 e. The van der Waals surface area contributed by atoms with Gasteiger partial charge in [0.2, 0.25) is 5.17 Å². The standard InChI is InChI=1S/C11H10Cl3N3O3/c1-17(2)10(18)9(14)16-20-11(19)15-8-6(12)4-3-5-7(8)13/h3-5H,1-2H3,(H,15,19)/b16-9+. The normalized spacial score (nSPS) is 10.9. The van der Waals surface area contributed by atoms with Crippen LogP contribution in [0.25, 0.3) is 0 Å². The van der Waals surface area contributed by atoms with E-state index in [1.54, 1.807) is 6.07 Å². The van der Waals surface area contributed by atoms with Crippen molar-refractivity contribution in [3.63, 3.8) is 0 Å². The van der Waals surface area contributed by atoms with Gasteiger partial charge in [-0.1, -0.05) is 46.0 Å². The Hall–Kier alpha value is -1.50. The number of carbonyl (C=O) groups is 2. The van der Waals surface area contributed by atoms with Crippen LogP contribution in [0.1, 0.15) is 0 Å². The molecule has 0 fully saturated rings. The minimum absolute atomic E-state index is 0.172. The van der Waals surface area contributed by atoms with Gasteiger partial charge in [0.25, 0.3) is 5.91 Å². The Morgan fingerprint density at radius 3 is 2.30 bits per heavy atom. The van der Waals surface area contributed by atoms with Crippen LogP contribution >= 0.6 is 34.8 Å². The highest BCUT2D eigenvalue weighted by Crippen LogP contribution is 2.29. The molecule has 1 aromatic rings. The van der Waals surface area contributed by atoms with Gasteiger partial charge in [-0.25, -0.2) is 4.79 Å². The van der Waals surface area contributed by atoms with E-state index in [1.807, 2.05) is 0 Å². The first-order valence-electron chi connectivity index (χ1n) is 5.20. The summed E-state index contributed by atoms with van der Waals surface area (Å²) < 4.78 is 0. The topological polar surface area (TPSA) is 71.0 Å². The van der Waals surface area contributed by atoms with Crippen LogP contribution in [0.5, 0.6) is 0 Å². The average molecular weight is 339 g/mol. The van der Waals surface area contributed by atoms with Gasteiger partial charge >= 0.3 is 6.09 Å². The second-order valence-electron chi connectivity index (χ2n) is 3.68. The number of halogens is 3. The third-order valence-electron chi connectivity index (χ3n) is 1.98. The van der Waals surface area contributed by atoms with Crippen LogP contribution in [0.2, 0.25) is 10.0 Å². The maximum atomic E-state index is 11.5.